The Kier molecular flexibility index (Phi) is 3.48. The summed E-state index contributed by atoms with van der Waals surface area (Å²) < 4.78 is 13.0. The van der Waals surface area contributed by atoms with Gasteiger partial charge in [0.15, 0.2) is 0 Å². The fourth-order valence-corrected chi connectivity index (χ4v) is 1.63. The predicted octanol–water partition coefficient (Wildman–Crippen LogP) is 1.87. The van der Waals surface area contributed by atoms with Crippen LogP contribution < -0.4 is 5.32 Å². The van der Waals surface area contributed by atoms with Gasteiger partial charge < -0.3 is 10.4 Å². The summed E-state index contributed by atoms with van der Waals surface area (Å²) in [6.45, 7) is 3.25. The highest BCUT2D eigenvalue weighted by atomic mass is 19.1. The lowest BCUT2D eigenvalue weighted by atomic mass is 10.1. The monoisotopic (exact) mass is 262 g/mol. The molecule has 0 radical (unpaired) electrons. The van der Waals surface area contributed by atoms with Crippen LogP contribution in [0.5, 0.6) is 0 Å². The first-order valence-electron chi connectivity index (χ1n) is 5.91. The Morgan fingerprint density at radius 2 is 2.11 bits per heavy atom. The van der Waals surface area contributed by atoms with Crippen LogP contribution in [0.1, 0.15) is 24.3 Å². The molecule has 0 atom stereocenters. The van der Waals surface area contributed by atoms with Crippen LogP contribution in [-0.2, 0) is 0 Å². The zero-order valence-corrected chi connectivity index (χ0v) is 10.8. The van der Waals surface area contributed by atoms with Crippen molar-refractivity contribution >= 4 is 16.8 Å². The average molecular weight is 262 g/mol. The fraction of sp³-hybridized carbons (Fsp3) is 0.286. The maximum absolute atomic E-state index is 13.0. The minimum absolute atomic E-state index is 0.169. The molecular weight excluding hydrogens is 247 g/mol. The number of aliphatic hydroxyl groups is 1. The number of benzene rings is 1. The van der Waals surface area contributed by atoms with Gasteiger partial charge in [-0.3, -0.25) is 4.79 Å². The van der Waals surface area contributed by atoms with Crippen molar-refractivity contribution < 1.29 is 14.3 Å². The van der Waals surface area contributed by atoms with Gasteiger partial charge in [0, 0.05) is 5.39 Å². The number of hydrogen-bond acceptors (Lipinski definition) is 3. The van der Waals surface area contributed by atoms with E-state index in [9.17, 15) is 9.18 Å². The van der Waals surface area contributed by atoms with Gasteiger partial charge in [-0.15, -0.1) is 0 Å². The molecular formula is C14H15FN2O2. The quantitative estimate of drug-likeness (QED) is 0.887. The van der Waals surface area contributed by atoms with Gasteiger partial charge in [0.05, 0.1) is 17.7 Å². The second-order valence-corrected chi connectivity index (χ2v) is 5.03. The molecule has 2 aromatic rings. The van der Waals surface area contributed by atoms with Crippen molar-refractivity contribution in [3.05, 3.63) is 41.8 Å². The number of carbonyl (C=O) groups excluding carboxylic acids is 1. The molecule has 0 bridgehead atoms. The summed E-state index contributed by atoms with van der Waals surface area (Å²) in [5.41, 5.74) is 0.0766. The molecule has 100 valence electrons. The van der Waals surface area contributed by atoms with E-state index < -0.39 is 5.54 Å². The molecule has 5 heteroatoms. The van der Waals surface area contributed by atoms with E-state index >= 15 is 0 Å². The summed E-state index contributed by atoms with van der Waals surface area (Å²) in [6, 6.07) is 7.37. The SMILES string of the molecule is CC(C)(CO)NC(=O)c1ccc2cc(F)ccc2n1. The molecule has 19 heavy (non-hydrogen) atoms. The summed E-state index contributed by atoms with van der Waals surface area (Å²) in [4.78, 5) is 16.1. The van der Waals surface area contributed by atoms with E-state index in [1.165, 1.54) is 24.3 Å². The van der Waals surface area contributed by atoms with E-state index in [1.54, 1.807) is 19.9 Å². The van der Waals surface area contributed by atoms with E-state index in [0.29, 0.717) is 10.9 Å². The van der Waals surface area contributed by atoms with Crippen LogP contribution in [0.3, 0.4) is 0 Å². The van der Waals surface area contributed by atoms with Crippen LogP contribution in [0, 0.1) is 5.82 Å². The second kappa shape index (κ2) is 4.93. The minimum Gasteiger partial charge on any atom is -0.394 e. The van der Waals surface area contributed by atoms with Crippen molar-refractivity contribution in [1.82, 2.24) is 10.3 Å². The first kappa shape index (κ1) is 13.4. The van der Waals surface area contributed by atoms with E-state index in [0.717, 1.165) is 0 Å². The molecule has 0 saturated heterocycles. The van der Waals surface area contributed by atoms with Crippen molar-refractivity contribution in [2.75, 3.05) is 6.61 Å². The highest BCUT2D eigenvalue weighted by Gasteiger charge is 2.20. The molecule has 0 spiro atoms. The maximum atomic E-state index is 13.0. The molecule has 2 N–H and O–H groups in total. The number of aromatic nitrogens is 1. The molecule has 2 rings (SSSR count). The summed E-state index contributed by atoms with van der Waals surface area (Å²) >= 11 is 0. The first-order valence-corrected chi connectivity index (χ1v) is 5.91. The summed E-state index contributed by atoms with van der Waals surface area (Å²) in [7, 11) is 0. The number of fused-ring (bicyclic) bond motifs is 1. The van der Waals surface area contributed by atoms with Gasteiger partial charge in [-0.2, -0.15) is 0 Å². The standard InChI is InChI=1S/C14H15FN2O2/c1-14(2,8-18)17-13(19)12-5-3-9-7-10(15)4-6-11(9)16-12/h3-7,18H,8H2,1-2H3,(H,17,19). The third kappa shape index (κ3) is 3.06. The molecule has 1 amide bonds. The van der Waals surface area contributed by atoms with Gasteiger partial charge in [-0.1, -0.05) is 6.07 Å². The van der Waals surface area contributed by atoms with E-state index in [-0.39, 0.29) is 24.0 Å². The van der Waals surface area contributed by atoms with Crippen molar-refractivity contribution in [3.63, 3.8) is 0 Å². The Bertz CT molecular complexity index is 626. The second-order valence-electron chi connectivity index (χ2n) is 5.03. The normalized spacial score (nSPS) is 11.6. The predicted molar refractivity (Wildman–Crippen MR) is 70.3 cm³/mol. The van der Waals surface area contributed by atoms with Gasteiger partial charge in [0.2, 0.25) is 0 Å². The number of hydrogen-bond donors (Lipinski definition) is 2. The highest BCUT2D eigenvalue weighted by Crippen LogP contribution is 2.14. The average Bonchev–Trinajstić information content (AvgIpc) is 2.37. The Labute approximate surface area is 110 Å². The molecule has 0 saturated carbocycles. The van der Waals surface area contributed by atoms with Crippen molar-refractivity contribution in [3.8, 4) is 0 Å². The first-order chi connectivity index (χ1) is 8.91. The molecule has 1 aromatic heterocycles. The van der Waals surface area contributed by atoms with Crippen molar-refractivity contribution in [2.24, 2.45) is 0 Å². The third-order valence-electron chi connectivity index (χ3n) is 2.73. The third-order valence-corrected chi connectivity index (χ3v) is 2.73. The smallest absolute Gasteiger partial charge is 0.270 e. The number of nitrogens with zero attached hydrogens (tertiary/aromatic N) is 1. The van der Waals surface area contributed by atoms with Crippen LogP contribution in [0.4, 0.5) is 4.39 Å². The van der Waals surface area contributed by atoms with Crippen molar-refractivity contribution in [2.45, 2.75) is 19.4 Å². The number of nitrogens with one attached hydrogen (secondary N) is 1. The molecule has 4 nitrogen and oxygen atoms in total. The van der Waals surface area contributed by atoms with Crippen molar-refractivity contribution in [1.29, 1.82) is 0 Å². The molecule has 1 heterocycles. The fourth-order valence-electron chi connectivity index (χ4n) is 1.63. The lowest BCUT2D eigenvalue weighted by Gasteiger charge is -2.23. The Balaban J connectivity index is 2.31. The summed E-state index contributed by atoms with van der Waals surface area (Å²) in [6.07, 6.45) is 0. The van der Waals surface area contributed by atoms with E-state index in [2.05, 4.69) is 10.3 Å². The topological polar surface area (TPSA) is 62.2 Å². The Hall–Kier alpha value is -2.01. The zero-order chi connectivity index (χ0) is 14.0. The number of rotatable bonds is 3. The van der Waals surface area contributed by atoms with Crippen LogP contribution >= 0.6 is 0 Å². The minimum atomic E-state index is -0.712. The molecule has 0 aliphatic rings. The molecule has 1 aromatic carbocycles. The van der Waals surface area contributed by atoms with Crippen LogP contribution in [0.15, 0.2) is 30.3 Å². The lowest BCUT2D eigenvalue weighted by Crippen LogP contribution is -2.46. The van der Waals surface area contributed by atoms with Gasteiger partial charge >= 0.3 is 0 Å². The number of pyridine rings is 1. The van der Waals surface area contributed by atoms with E-state index in [4.69, 9.17) is 5.11 Å². The molecule has 0 fully saturated rings. The molecule has 0 aliphatic heterocycles. The van der Waals surface area contributed by atoms with Gasteiger partial charge in [0.25, 0.3) is 5.91 Å². The molecule has 0 unspecified atom stereocenters. The van der Waals surface area contributed by atoms with Crippen LogP contribution in [0.2, 0.25) is 0 Å². The lowest BCUT2D eigenvalue weighted by molar-refractivity contribution is 0.0864. The summed E-state index contributed by atoms with van der Waals surface area (Å²) in [5, 5.41) is 12.4. The highest BCUT2D eigenvalue weighted by molar-refractivity contribution is 5.95. The number of amides is 1. The Morgan fingerprint density at radius 3 is 2.79 bits per heavy atom. The molecule has 0 aliphatic carbocycles. The van der Waals surface area contributed by atoms with E-state index in [1.807, 2.05) is 0 Å². The van der Waals surface area contributed by atoms with Crippen LogP contribution in [0.25, 0.3) is 10.9 Å². The zero-order valence-electron chi connectivity index (χ0n) is 10.8. The van der Waals surface area contributed by atoms with Gasteiger partial charge in [-0.05, 0) is 38.1 Å². The number of halogens is 1. The largest absolute Gasteiger partial charge is 0.394 e. The van der Waals surface area contributed by atoms with Crippen LogP contribution in [-0.4, -0.2) is 28.1 Å². The number of carbonyl (C=O) groups is 1. The maximum Gasteiger partial charge on any atom is 0.270 e. The van der Waals surface area contributed by atoms with Gasteiger partial charge in [-0.25, -0.2) is 9.37 Å². The summed E-state index contributed by atoms with van der Waals surface area (Å²) in [5.74, 6) is -0.710. The number of aliphatic hydroxyl groups excluding tert-OH is 1. The van der Waals surface area contributed by atoms with Gasteiger partial charge in [0.1, 0.15) is 11.5 Å². The Morgan fingerprint density at radius 1 is 1.37 bits per heavy atom.